The van der Waals surface area contributed by atoms with Crippen LogP contribution >= 0.6 is 0 Å². The van der Waals surface area contributed by atoms with Gasteiger partial charge in [0.1, 0.15) is 6.61 Å². The van der Waals surface area contributed by atoms with Gasteiger partial charge in [-0.25, -0.2) is 0 Å². The summed E-state index contributed by atoms with van der Waals surface area (Å²) in [5, 5.41) is 2.62. The van der Waals surface area contributed by atoms with Crippen LogP contribution in [0, 0.1) is 0 Å². The van der Waals surface area contributed by atoms with Crippen LogP contribution in [0.4, 0.5) is 5.69 Å². The van der Waals surface area contributed by atoms with E-state index in [9.17, 15) is 9.59 Å². The summed E-state index contributed by atoms with van der Waals surface area (Å²) in [5.41, 5.74) is 1.08. The third-order valence-corrected chi connectivity index (χ3v) is 3.78. The highest BCUT2D eigenvalue weighted by Crippen LogP contribution is 2.26. The van der Waals surface area contributed by atoms with Crippen LogP contribution in [0.1, 0.15) is 10.4 Å². The lowest BCUT2D eigenvalue weighted by atomic mass is 10.1. The number of carbonyl (C=O) groups excluding carboxylic acids is 2. The first-order chi connectivity index (χ1) is 11.7. The van der Waals surface area contributed by atoms with Crippen molar-refractivity contribution in [3.63, 3.8) is 0 Å². The SMILES string of the molecule is COc1ccccc1OCCN1C(=O)CNC(=O)c2ccccc21. The van der Waals surface area contributed by atoms with Crippen LogP contribution in [0.2, 0.25) is 0 Å². The Kier molecular flexibility index (Phi) is 4.65. The Morgan fingerprint density at radius 3 is 2.54 bits per heavy atom. The first-order valence-corrected chi connectivity index (χ1v) is 7.64. The molecule has 2 aromatic carbocycles. The molecule has 1 aliphatic rings. The van der Waals surface area contributed by atoms with Gasteiger partial charge in [0.05, 0.1) is 31.5 Å². The molecule has 2 aromatic rings. The molecule has 0 saturated carbocycles. The van der Waals surface area contributed by atoms with Crippen molar-refractivity contribution in [1.82, 2.24) is 5.32 Å². The molecule has 124 valence electrons. The molecule has 0 unspecified atom stereocenters. The van der Waals surface area contributed by atoms with Crippen molar-refractivity contribution < 1.29 is 19.1 Å². The molecule has 6 nitrogen and oxygen atoms in total. The van der Waals surface area contributed by atoms with E-state index in [2.05, 4.69) is 5.32 Å². The summed E-state index contributed by atoms with van der Waals surface area (Å²) < 4.78 is 11.0. The Hall–Kier alpha value is -3.02. The minimum absolute atomic E-state index is 0.0256. The van der Waals surface area contributed by atoms with Crippen molar-refractivity contribution in [3.8, 4) is 11.5 Å². The van der Waals surface area contributed by atoms with Crippen LogP contribution < -0.4 is 19.7 Å². The largest absolute Gasteiger partial charge is 0.493 e. The van der Waals surface area contributed by atoms with Crippen LogP contribution in [0.15, 0.2) is 48.5 Å². The fourth-order valence-electron chi connectivity index (χ4n) is 2.61. The molecule has 1 heterocycles. The Morgan fingerprint density at radius 1 is 1.04 bits per heavy atom. The molecule has 0 saturated heterocycles. The number of methoxy groups -OCH3 is 1. The lowest BCUT2D eigenvalue weighted by molar-refractivity contribution is -0.117. The summed E-state index contributed by atoms with van der Waals surface area (Å²) in [6, 6.07) is 14.4. The van der Waals surface area contributed by atoms with Gasteiger partial charge >= 0.3 is 0 Å². The van der Waals surface area contributed by atoms with Gasteiger partial charge in [-0.15, -0.1) is 0 Å². The number of nitrogens with zero attached hydrogens (tertiary/aromatic N) is 1. The molecule has 0 radical (unpaired) electrons. The molecular formula is C18H18N2O4. The van der Waals surface area contributed by atoms with Gasteiger partial charge in [-0.05, 0) is 24.3 Å². The zero-order valence-electron chi connectivity index (χ0n) is 13.3. The molecule has 0 bridgehead atoms. The number of nitrogens with one attached hydrogen (secondary N) is 1. The molecule has 0 atom stereocenters. The Labute approximate surface area is 140 Å². The van der Waals surface area contributed by atoms with Crippen LogP contribution in [-0.4, -0.2) is 38.6 Å². The normalized spacial score (nSPS) is 13.8. The molecule has 6 heteroatoms. The summed E-state index contributed by atoms with van der Waals surface area (Å²) >= 11 is 0. The van der Waals surface area contributed by atoms with E-state index in [-0.39, 0.29) is 25.0 Å². The second kappa shape index (κ2) is 7.04. The van der Waals surface area contributed by atoms with Crippen molar-refractivity contribution in [2.45, 2.75) is 0 Å². The van der Waals surface area contributed by atoms with E-state index < -0.39 is 0 Å². The fourth-order valence-corrected chi connectivity index (χ4v) is 2.61. The van der Waals surface area contributed by atoms with E-state index >= 15 is 0 Å². The van der Waals surface area contributed by atoms with Gasteiger partial charge in [0.15, 0.2) is 11.5 Å². The summed E-state index contributed by atoms with van der Waals surface area (Å²) in [6.07, 6.45) is 0. The molecule has 0 fully saturated rings. The van der Waals surface area contributed by atoms with Gasteiger partial charge in [0, 0.05) is 0 Å². The summed E-state index contributed by atoms with van der Waals surface area (Å²) in [5.74, 6) is 0.839. The molecule has 1 aliphatic heterocycles. The Bertz CT molecular complexity index is 760. The number of hydrogen-bond donors (Lipinski definition) is 1. The van der Waals surface area contributed by atoms with Crippen LogP contribution in [-0.2, 0) is 4.79 Å². The molecule has 0 aromatic heterocycles. The van der Waals surface area contributed by atoms with Gasteiger partial charge in [-0.1, -0.05) is 24.3 Å². The van der Waals surface area contributed by atoms with Crippen LogP contribution in [0.25, 0.3) is 0 Å². The monoisotopic (exact) mass is 326 g/mol. The van der Waals surface area contributed by atoms with Gasteiger partial charge in [0.25, 0.3) is 5.91 Å². The lowest BCUT2D eigenvalue weighted by Gasteiger charge is -2.22. The van der Waals surface area contributed by atoms with E-state index in [4.69, 9.17) is 9.47 Å². The minimum atomic E-state index is -0.243. The van der Waals surface area contributed by atoms with E-state index in [0.717, 1.165) is 0 Å². The maximum Gasteiger partial charge on any atom is 0.253 e. The number of fused-ring (bicyclic) bond motifs is 1. The predicted molar refractivity (Wildman–Crippen MR) is 89.6 cm³/mol. The van der Waals surface area contributed by atoms with Gasteiger partial charge in [-0.2, -0.15) is 0 Å². The number of amides is 2. The highest BCUT2D eigenvalue weighted by atomic mass is 16.5. The van der Waals surface area contributed by atoms with Crippen molar-refractivity contribution in [3.05, 3.63) is 54.1 Å². The maximum atomic E-state index is 12.3. The molecule has 2 amide bonds. The van der Waals surface area contributed by atoms with E-state index in [0.29, 0.717) is 29.3 Å². The molecule has 24 heavy (non-hydrogen) atoms. The molecular weight excluding hydrogens is 308 g/mol. The third-order valence-electron chi connectivity index (χ3n) is 3.78. The van der Waals surface area contributed by atoms with Crippen molar-refractivity contribution in [2.75, 3.05) is 31.7 Å². The average molecular weight is 326 g/mol. The Morgan fingerprint density at radius 2 is 1.75 bits per heavy atom. The molecule has 1 N–H and O–H groups in total. The molecule has 3 rings (SSSR count). The number of ether oxygens (including phenoxy) is 2. The fraction of sp³-hybridized carbons (Fsp3) is 0.222. The van der Waals surface area contributed by atoms with Gasteiger partial charge in [-0.3, -0.25) is 9.59 Å². The second-order valence-electron chi connectivity index (χ2n) is 5.24. The van der Waals surface area contributed by atoms with Crippen LogP contribution in [0.5, 0.6) is 11.5 Å². The zero-order valence-corrected chi connectivity index (χ0v) is 13.3. The topological polar surface area (TPSA) is 67.9 Å². The highest BCUT2D eigenvalue weighted by molar-refractivity contribution is 6.09. The van der Waals surface area contributed by atoms with E-state index in [1.807, 2.05) is 24.3 Å². The quantitative estimate of drug-likeness (QED) is 0.910. The number of anilines is 1. The molecule has 0 spiro atoms. The summed E-state index contributed by atoms with van der Waals surface area (Å²) in [4.78, 5) is 25.9. The average Bonchev–Trinajstić information content (AvgIpc) is 2.74. The summed E-state index contributed by atoms with van der Waals surface area (Å²) in [7, 11) is 1.58. The van der Waals surface area contributed by atoms with Crippen LogP contribution in [0.3, 0.4) is 0 Å². The van der Waals surface area contributed by atoms with E-state index in [1.165, 1.54) is 0 Å². The zero-order chi connectivity index (χ0) is 16.9. The minimum Gasteiger partial charge on any atom is -0.493 e. The molecule has 0 aliphatic carbocycles. The number of para-hydroxylation sites is 3. The first-order valence-electron chi connectivity index (χ1n) is 7.64. The maximum absolute atomic E-state index is 12.3. The highest BCUT2D eigenvalue weighted by Gasteiger charge is 2.25. The number of benzene rings is 2. The summed E-state index contributed by atoms with van der Waals surface area (Å²) in [6.45, 7) is 0.597. The number of rotatable bonds is 5. The first kappa shape index (κ1) is 15.9. The second-order valence-corrected chi connectivity index (χ2v) is 5.24. The van der Waals surface area contributed by atoms with Crippen molar-refractivity contribution in [1.29, 1.82) is 0 Å². The predicted octanol–water partition coefficient (Wildman–Crippen LogP) is 1.85. The third kappa shape index (κ3) is 3.17. The van der Waals surface area contributed by atoms with Gasteiger partial charge in [0.2, 0.25) is 5.91 Å². The van der Waals surface area contributed by atoms with Gasteiger partial charge < -0.3 is 19.7 Å². The number of carbonyl (C=O) groups is 2. The smallest absolute Gasteiger partial charge is 0.253 e. The Balaban J connectivity index is 1.75. The lowest BCUT2D eigenvalue weighted by Crippen LogP contribution is -2.38. The number of hydrogen-bond acceptors (Lipinski definition) is 4. The van der Waals surface area contributed by atoms with E-state index in [1.54, 1.807) is 36.3 Å². The standard InChI is InChI=1S/C18H18N2O4/c1-23-15-8-4-5-9-16(15)24-11-10-20-14-7-3-2-6-13(14)18(22)19-12-17(20)21/h2-9H,10-12H2,1H3,(H,19,22). The van der Waals surface area contributed by atoms with Crippen molar-refractivity contribution >= 4 is 17.5 Å². The van der Waals surface area contributed by atoms with Crippen molar-refractivity contribution in [2.24, 2.45) is 0 Å².